The largest absolute Gasteiger partial charge is 0.469 e. The molecule has 1 atom stereocenters. The summed E-state index contributed by atoms with van der Waals surface area (Å²) in [5.74, 6) is -1.44. The first-order valence-corrected chi connectivity index (χ1v) is 7.94. The molecular weight excluding hydrogens is 278 g/mol. The average molecular weight is 299 g/mol. The zero-order valence-corrected chi connectivity index (χ0v) is 13.1. The number of esters is 1. The van der Waals surface area contributed by atoms with Crippen LogP contribution in [0, 0.1) is 12.8 Å². The summed E-state index contributed by atoms with van der Waals surface area (Å²) in [6, 6.07) is 7.66. The first-order chi connectivity index (χ1) is 9.26. The van der Waals surface area contributed by atoms with E-state index in [0.29, 0.717) is 0 Å². The third-order valence-corrected chi connectivity index (χ3v) is 5.06. The summed E-state index contributed by atoms with van der Waals surface area (Å²) in [6.45, 7) is 3.81. The topological polar surface area (TPSA) is 63.7 Å². The molecule has 0 heterocycles. The van der Waals surface area contributed by atoms with Gasteiger partial charge >= 0.3 is 5.97 Å². The van der Waals surface area contributed by atoms with Gasteiger partial charge in [0.15, 0.2) is 0 Å². The van der Waals surface area contributed by atoms with Crippen LogP contribution < -0.4 is 0 Å². The van der Waals surface area contributed by atoms with E-state index in [1.165, 1.54) is 18.5 Å². The van der Waals surface area contributed by atoms with E-state index >= 15 is 0 Å². The van der Waals surface area contributed by atoms with Gasteiger partial charge in [0, 0.05) is 13.6 Å². The SMILES string of the molecule is COC(=O)[C@H](C)CS(=O)(=O)N(C)Cc1ccc(C)cc1. The molecule has 20 heavy (non-hydrogen) atoms. The van der Waals surface area contributed by atoms with Gasteiger partial charge in [-0.3, -0.25) is 4.79 Å². The van der Waals surface area contributed by atoms with Gasteiger partial charge in [0.25, 0.3) is 0 Å². The highest BCUT2D eigenvalue weighted by atomic mass is 32.2. The summed E-state index contributed by atoms with van der Waals surface area (Å²) >= 11 is 0. The van der Waals surface area contributed by atoms with Gasteiger partial charge in [-0.2, -0.15) is 0 Å². The van der Waals surface area contributed by atoms with E-state index < -0.39 is 21.9 Å². The number of rotatable bonds is 6. The quantitative estimate of drug-likeness (QED) is 0.748. The number of ether oxygens (including phenoxy) is 1. The molecule has 0 unspecified atom stereocenters. The molecule has 0 amide bonds. The minimum absolute atomic E-state index is 0.248. The Kier molecular flexibility index (Phi) is 5.71. The lowest BCUT2D eigenvalue weighted by atomic mass is 10.1. The number of hydrogen-bond donors (Lipinski definition) is 0. The predicted octanol–water partition coefficient (Wildman–Crippen LogP) is 1.57. The summed E-state index contributed by atoms with van der Waals surface area (Å²) in [6.07, 6.45) is 0. The standard InChI is InChI=1S/C14H21NO4S/c1-11-5-7-13(8-6-11)9-15(3)20(17,18)10-12(2)14(16)19-4/h5-8,12H,9-10H2,1-4H3/t12-/m1/s1. The van der Waals surface area contributed by atoms with Crippen molar-refractivity contribution < 1.29 is 17.9 Å². The minimum atomic E-state index is -3.49. The summed E-state index contributed by atoms with van der Waals surface area (Å²) in [5.41, 5.74) is 2.03. The maximum atomic E-state index is 12.2. The number of benzene rings is 1. The normalized spacial score (nSPS) is 13.2. The maximum absolute atomic E-state index is 12.2. The third kappa shape index (κ3) is 4.61. The van der Waals surface area contributed by atoms with Gasteiger partial charge < -0.3 is 4.74 Å². The molecule has 0 bridgehead atoms. The van der Waals surface area contributed by atoms with Gasteiger partial charge in [-0.1, -0.05) is 36.8 Å². The highest BCUT2D eigenvalue weighted by molar-refractivity contribution is 7.89. The number of hydrogen-bond acceptors (Lipinski definition) is 4. The first-order valence-electron chi connectivity index (χ1n) is 6.33. The van der Waals surface area contributed by atoms with Crippen LogP contribution >= 0.6 is 0 Å². The Hall–Kier alpha value is -1.40. The summed E-state index contributed by atoms with van der Waals surface area (Å²) < 4.78 is 30.1. The van der Waals surface area contributed by atoms with Gasteiger partial charge in [-0.15, -0.1) is 0 Å². The minimum Gasteiger partial charge on any atom is -0.469 e. The summed E-state index contributed by atoms with van der Waals surface area (Å²) in [7, 11) is -0.726. The van der Waals surface area contributed by atoms with E-state index in [-0.39, 0.29) is 12.3 Å². The van der Waals surface area contributed by atoms with E-state index in [9.17, 15) is 13.2 Å². The Bertz CT molecular complexity index is 551. The molecule has 5 nitrogen and oxygen atoms in total. The Morgan fingerprint density at radius 3 is 2.35 bits per heavy atom. The molecule has 0 fully saturated rings. The van der Waals surface area contributed by atoms with Crippen LogP contribution in [0.3, 0.4) is 0 Å². The molecule has 0 aliphatic carbocycles. The second kappa shape index (κ2) is 6.85. The number of sulfonamides is 1. The van der Waals surface area contributed by atoms with Crippen LogP contribution in [0.1, 0.15) is 18.1 Å². The van der Waals surface area contributed by atoms with E-state index in [0.717, 1.165) is 11.1 Å². The van der Waals surface area contributed by atoms with E-state index in [4.69, 9.17) is 0 Å². The van der Waals surface area contributed by atoms with Gasteiger partial charge in [0.2, 0.25) is 10.0 Å². The van der Waals surface area contributed by atoms with Gasteiger partial charge in [0.05, 0.1) is 18.8 Å². The van der Waals surface area contributed by atoms with Crippen LogP contribution in [0.4, 0.5) is 0 Å². The first kappa shape index (κ1) is 16.7. The van der Waals surface area contributed by atoms with Crippen LogP contribution in [-0.4, -0.2) is 38.6 Å². The Labute approximate surface area is 120 Å². The van der Waals surface area contributed by atoms with Crippen LogP contribution in [0.25, 0.3) is 0 Å². The molecule has 0 N–H and O–H groups in total. The number of aryl methyl sites for hydroxylation is 1. The molecule has 1 rings (SSSR count). The molecular formula is C14H21NO4S. The maximum Gasteiger partial charge on any atom is 0.309 e. The number of nitrogens with zero attached hydrogens (tertiary/aromatic N) is 1. The van der Waals surface area contributed by atoms with Crippen LogP contribution in [-0.2, 0) is 26.1 Å². The molecule has 1 aromatic carbocycles. The molecule has 0 radical (unpaired) electrons. The molecule has 0 aliphatic heterocycles. The zero-order chi connectivity index (χ0) is 15.3. The highest BCUT2D eigenvalue weighted by Gasteiger charge is 2.25. The van der Waals surface area contributed by atoms with Crippen molar-refractivity contribution in [2.24, 2.45) is 5.92 Å². The van der Waals surface area contributed by atoms with E-state index in [1.54, 1.807) is 6.92 Å². The van der Waals surface area contributed by atoms with Crippen LogP contribution in [0.5, 0.6) is 0 Å². The van der Waals surface area contributed by atoms with Crippen molar-refractivity contribution in [2.45, 2.75) is 20.4 Å². The van der Waals surface area contributed by atoms with Crippen molar-refractivity contribution in [3.8, 4) is 0 Å². The molecule has 0 spiro atoms. The lowest BCUT2D eigenvalue weighted by Gasteiger charge is -2.19. The molecule has 112 valence electrons. The fourth-order valence-electron chi connectivity index (χ4n) is 1.76. The predicted molar refractivity (Wildman–Crippen MR) is 77.6 cm³/mol. The molecule has 0 saturated heterocycles. The fraction of sp³-hybridized carbons (Fsp3) is 0.500. The van der Waals surface area contributed by atoms with Crippen molar-refractivity contribution in [3.63, 3.8) is 0 Å². The van der Waals surface area contributed by atoms with Crippen molar-refractivity contribution >= 4 is 16.0 Å². The molecule has 0 aliphatic rings. The van der Waals surface area contributed by atoms with Crippen molar-refractivity contribution in [2.75, 3.05) is 19.9 Å². The Morgan fingerprint density at radius 2 is 1.85 bits per heavy atom. The van der Waals surface area contributed by atoms with Crippen molar-refractivity contribution in [1.82, 2.24) is 4.31 Å². The summed E-state index contributed by atoms with van der Waals surface area (Å²) in [5, 5.41) is 0. The van der Waals surface area contributed by atoms with Gasteiger partial charge in [-0.25, -0.2) is 12.7 Å². The van der Waals surface area contributed by atoms with Crippen molar-refractivity contribution in [3.05, 3.63) is 35.4 Å². The molecule has 6 heteroatoms. The second-order valence-corrected chi connectivity index (χ2v) is 7.06. The van der Waals surface area contributed by atoms with Crippen LogP contribution in [0.15, 0.2) is 24.3 Å². The third-order valence-electron chi connectivity index (χ3n) is 3.06. The van der Waals surface area contributed by atoms with Crippen molar-refractivity contribution in [1.29, 1.82) is 0 Å². The molecule has 0 saturated carbocycles. The average Bonchev–Trinajstić information content (AvgIpc) is 2.39. The monoisotopic (exact) mass is 299 g/mol. The van der Waals surface area contributed by atoms with Gasteiger partial charge in [-0.05, 0) is 12.5 Å². The van der Waals surface area contributed by atoms with E-state index in [1.807, 2.05) is 31.2 Å². The summed E-state index contributed by atoms with van der Waals surface area (Å²) in [4.78, 5) is 11.3. The fourth-order valence-corrected chi connectivity index (χ4v) is 3.13. The smallest absolute Gasteiger partial charge is 0.309 e. The molecule has 0 aromatic heterocycles. The zero-order valence-electron chi connectivity index (χ0n) is 12.3. The Morgan fingerprint density at radius 1 is 1.30 bits per heavy atom. The lowest BCUT2D eigenvalue weighted by molar-refractivity contribution is -0.144. The Balaban J connectivity index is 2.72. The second-order valence-electron chi connectivity index (χ2n) is 4.94. The molecule has 1 aromatic rings. The highest BCUT2D eigenvalue weighted by Crippen LogP contribution is 2.12. The number of methoxy groups -OCH3 is 1. The van der Waals surface area contributed by atoms with Gasteiger partial charge in [0.1, 0.15) is 0 Å². The lowest BCUT2D eigenvalue weighted by Crippen LogP contribution is -2.33. The number of carbonyl (C=O) groups is 1. The van der Waals surface area contributed by atoms with E-state index in [2.05, 4.69) is 4.74 Å². The number of carbonyl (C=O) groups excluding carboxylic acids is 1. The van der Waals surface area contributed by atoms with Crippen LogP contribution in [0.2, 0.25) is 0 Å².